The fourth-order valence-corrected chi connectivity index (χ4v) is 0.785. The maximum atomic E-state index is 8.88. The molecule has 0 aromatic heterocycles. The van der Waals surface area contributed by atoms with Crippen LogP contribution in [0.15, 0.2) is 30.3 Å². The van der Waals surface area contributed by atoms with Crippen LogP contribution in [0.4, 0.5) is 0 Å². The molecule has 13 heavy (non-hydrogen) atoms. The van der Waals surface area contributed by atoms with Crippen molar-refractivity contribution in [2.75, 3.05) is 0 Å². The van der Waals surface area contributed by atoms with Crippen LogP contribution in [0.25, 0.3) is 0 Å². The predicted octanol–water partition coefficient (Wildman–Crippen LogP) is 0.805. The first-order chi connectivity index (χ1) is 5.93. The molecule has 0 amide bonds. The first kappa shape index (κ1) is 12.8. The van der Waals surface area contributed by atoms with Crippen LogP contribution in [0, 0.1) is 0 Å². The summed E-state index contributed by atoms with van der Waals surface area (Å²) in [7, 11) is -4.64. The van der Waals surface area contributed by atoms with Gasteiger partial charge in [-0.25, -0.2) is 4.57 Å². The summed E-state index contributed by atoms with van der Waals surface area (Å²) in [5.74, 6) is 0. The predicted molar refractivity (Wildman–Crippen MR) is 44.4 cm³/mol. The number of hydrogen-bond donors (Lipinski definition) is 3. The second-order valence-electron chi connectivity index (χ2n) is 2.11. The van der Waals surface area contributed by atoms with Crippen molar-refractivity contribution in [2.45, 2.75) is 5.39 Å². The van der Waals surface area contributed by atoms with Crippen LogP contribution >= 0.6 is 7.82 Å². The molecule has 4 nitrogen and oxygen atoms in total. The zero-order valence-electron chi connectivity index (χ0n) is 6.61. The molecule has 0 radical (unpaired) electrons. The molecule has 0 heterocycles. The minimum atomic E-state index is -4.64. The topological polar surface area (TPSA) is 77.8 Å². The number of hydrogen-bond acceptors (Lipinski definition) is 1. The van der Waals surface area contributed by atoms with Crippen LogP contribution < -0.4 is 0 Å². The Morgan fingerprint density at radius 2 is 1.54 bits per heavy atom. The molecule has 0 aliphatic rings. The van der Waals surface area contributed by atoms with Gasteiger partial charge in [-0.1, -0.05) is 0 Å². The van der Waals surface area contributed by atoms with E-state index >= 15 is 0 Å². The Kier molecular flexibility index (Phi) is 6.22. The molecule has 1 rings (SSSR count). The molecule has 6 heteroatoms. The molecule has 0 bridgehead atoms. The van der Waals surface area contributed by atoms with Crippen molar-refractivity contribution in [1.82, 2.24) is 0 Å². The summed E-state index contributed by atoms with van der Waals surface area (Å²) in [6.45, 7) is 0. The zero-order chi connectivity index (χ0) is 10.3. The third-order valence-electron chi connectivity index (χ3n) is 0.972. The van der Waals surface area contributed by atoms with Gasteiger partial charge in [-0.3, -0.25) is 0 Å². The quantitative estimate of drug-likeness (QED) is 0.507. The van der Waals surface area contributed by atoms with Gasteiger partial charge in [0, 0.05) is 0 Å². The summed E-state index contributed by atoms with van der Waals surface area (Å²) in [6, 6.07) is 10.1. The van der Waals surface area contributed by atoms with E-state index < -0.39 is 7.82 Å². The Morgan fingerprint density at radius 3 is 1.77 bits per heavy atom. The molecule has 3 N–H and O–H groups in total. The van der Waals surface area contributed by atoms with Gasteiger partial charge in [-0.05, 0) is 0 Å². The molecule has 1 aromatic carbocycles. The summed E-state index contributed by atoms with van der Waals surface area (Å²) >= 11 is 4.55. The monoisotopic (exact) mass is 247 g/mol. The van der Waals surface area contributed by atoms with Crippen LogP contribution in [0.2, 0.25) is 0 Å². The molecule has 0 unspecified atom stereocenters. The average molecular weight is 248 g/mol. The Labute approximate surface area is 84.2 Å². The normalized spacial score (nSPS) is 10.2. The van der Waals surface area contributed by atoms with E-state index in [1.165, 1.54) is 5.56 Å². The van der Waals surface area contributed by atoms with Crippen molar-refractivity contribution in [3.8, 4) is 0 Å². The average Bonchev–Trinajstić information content (AvgIpc) is 2.03. The molecule has 0 saturated heterocycles. The Morgan fingerprint density at radius 1 is 1.15 bits per heavy atom. The van der Waals surface area contributed by atoms with Crippen molar-refractivity contribution in [3.63, 3.8) is 0 Å². The van der Waals surface area contributed by atoms with E-state index in [0.717, 1.165) is 5.39 Å². The van der Waals surface area contributed by atoms with E-state index in [1.807, 2.05) is 30.3 Å². The van der Waals surface area contributed by atoms with E-state index in [0.29, 0.717) is 0 Å². The van der Waals surface area contributed by atoms with Crippen LogP contribution in [0.5, 0.6) is 0 Å². The van der Waals surface area contributed by atoms with Crippen LogP contribution in [0.1, 0.15) is 5.56 Å². The van der Waals surface area contributed by atoms with E-state index in [2.05, 4.69) is 15.5 Å². The van der Waals surface area contributed by atoms with Gasteiger partial charge in [-0.2, -0.15) is 0 Å². The van der Waals surface area contributed by atoms with E-state index in [-0.39, 0.29) is 0 Å². The first-order valence-electron chi connectivity index (χ1n) is 3.27. The minimum absolute atomic E-state index is 0.765. The molecule has 0 spiro atoms. The molecule has 0 aliphatic carbocycles. The summed E-state index contributed by atoms with van der Waals surface area (Å²) in [4.78, 5) is 21.6. The van der Waals surface area contributed by atoms with Gasteiger partial charge in [0.2, 0.25) is 0 Å². The summed E-state index contributed by atoms with van der Waals surface area (Å²) in [6.07, 6.45) is 0. The van der Waals surface area contributed by atoms with Crippen molar-refractivity contribution < 1.29 is 34.7 Å². The third-order valence-corrected chi connectivity index (χ3v) is 1.38. The number of benzene rings is 1. The molecule has 77 valence electrons. The molecule has 0 aliphatic heterocycles. The van der Waals surface area contributed by atoms with Crippen molar-refractivity contribution in [2.24, 2.45) is 0 Å². The summed E-state index contributed by atoms with van der Waals surface area (Å²) < 4.78 is 8.88. The summed E-state index contributed by atoms with van der Waals surface area (Å²) in [5, 5.41) is 0.765. The molecule has 0 fully saturated rings. The summed E-state index contributed by atoms with van der Waals surface area (Å²) in [5.41, 5.74) is 1.24. The third kappa shape index (κ3) is 11.8. The fourth-order valence-electron chi connectivity index (χ4n) is 0.553. The van der Waals surface area contributed by atoms with Crippen molar-refractivity contribution in [3.05, 3.63) is 35.9 Å². The van der Waals surface area contributed by atoms with Crippen LogP contribution in [-0.4, -0.2) is 14.7 Å². The maximum absolute atomic E-state index is 8.88. The van der Waals surface area contributed by atoms with Crippen LogP contribution in [-0.2, 0) is 25.4 Å². The van der Waals surface area contributed by atoms with Gasteiger partial charge in [0.15, 0.2) is 0 Å². The van der Waals surface area contributed by atoms with Gasteiger partial charge >= 0.3 is 64.6 Å². The second-order valence-corrected chi connectivity index (χ2v) is 3.49. The van der Waals surface area contributed by atoms with Gasteiger partial charge in [-0.15, -0.1) is 0 Å². The molecular weight excluding hydrogens is 238 g/mol. The van der Waals surface area contributed by atoms with Gasteiger partial charge in [0.1, 0.15) is 0 Å². The molecule has 0 saturated carbocycles. The zero-order valence-corrected chi connectivity index (χ0v) is 8.49. The number of phosphoric acid groups is 1. The van der Waals surface area contributed by atoms with Gasteiger partial charge in [0.05, 0.1) is 0 Å². The van der Waals surface area contributed by atoms with Gasteiger partial charge in [0.25, 0.3) is 0 Å². The fraction of sp³-hybridized carbons (Fsp3) is 0.143. The Balaban J connectivity index is 0.000000252. The Hall–Kier alpha value is -0.176. The number of rotatable bonds is 1. The molecule has 1 aromatic rings. The molecular formula is C7H10NiO4P. The van der Waals surface area contributed by atoms with Crippen molar-refractivity contribution in [1.29, 1.82) is 0 Å². The van der Waals surface area contributed by atoms with E-state index in [4.69, 9.17) is 19.2 Å². The van der Waals surface area contributed by atoms with E-state index in [1.54, 1.807) is 0 Å². The van der Waals surface area contributed by atoms with Gasteiger partial charge < -0.3 is 14.7 Å². The van der Waals surface area contributed by atoms with Crippen molar-refractivity contribution >= 4 is 7.82 Å². The Bertz CT molecular complexity index is 263. The van der Waals surface area contributed by atoms with Crippen LogP contribution in [0.3, 0.4) is 0 Å². The standard InChI is InChI=1S/C7H7.Ni.H3O4P/c1-7-5-3-2-4-6-7;;1-5(2,3)4/h2-6H,1H2;;(H3,1,2,3,4). The molecule has 0 atom stereocenters. The SMILES string of the molecule is O=P(O)(O)O.[Ni][CH2]c1ccccc1. The second kappa shape index (κ2) is 6.30. The van der Waals surface area contributed by atoms with E-state index in [9.17, 15) is 0 Å². The first-order valence-corrected chi connectivity index (χ1v) is 5.53.